The Morgan fingerprint density at radius 1 is 1.22 bits per heavy atom. The number of hydrogen-bond donors (Lipinski definition) is 0. The molecule has 2 rings (SSSR count). The number of rotatable bonds is 5. The number of sulfonamides is 1. The monoisotopic (exact) mass is 426 g/mol. The van der Waals surface area contributed by atoms with Crippen LogP contribution in [0.2, 0.25) is 5.02 Å². The van der Waals surface area contributed by atoms with Crippen LogP contribution >= 0.6 is 11.6 Å². The molecule has 0 aliphatic heterocycles. The third kappa shape index (κ3) is 5.51. The zero-order valence-corrected chi connectivity index (χ0v) is 16.7. The van der Waals surface area contributed by atoms with Gasteiger partial charge in [-0.2, -0.15) is 13.2 Å². The molecule has 0 saturated heterocycles. The Labute approximate surface area is 162 Å². The molecule has 0 aromatic heterocycles. The molecule has 0 radical (unpaired) electrons. The summed E-state index contributed by atoms with van der Waals surface area (Å²) in [6, 6.07) is 2.81. The number of hydrogen-bond acceptors (Lipinski definition) is 3. The third-order valence-electron chi connectivity index (χ3n) is 4.74. The van der Waals surface area contributed by atoms with Crippen molar-refractivity contribution in [2.24, 2.45) is 0 Å². The van der Waals surface area contributed by atoms with Crippen molar-refractivity contribution >= 4 is 33.2 Å². The fourth-order valence-electron chi connectivity index (χ4n) is 3.19. The number of nitrogens with zero attached hydrogens (tertiary/aromatic N) is 2. The first-order valence-electron chi connectivity index (χ1n) is 8.51. The van der Waals surface area contributed by atoms with E-state index in [9.17, 15) is 26.4 Å². The van der Waals surface area contributed by atoms with Crippen LogP contribution in [-0.2, 0) is 21.0 Å². The molecule has 0 atom stereocenters. The van der Waals surface area contributed by atoms with E-state index in [-0.39, 0.29) is 11.7 Å². The predicted molar refractivity (Wildman–Crippen MR) is 98.3 cm³/mol. The van der Waals surface area contributed by atoms with Crippen molar-refractivity contribution in [1.82, 2.24) is 4.90 Å². The summed E-state index contributed by atoms with van der Waals surface area (Å²) in [6.07, 6.45) is 0.857. The van der Waals surface area contributed by atoms with E-state index in [0.717, 1.165) is 50.5 Å². The number of likely N-dealkylation sites (N-methyl/N-ethyl adjacent to an activating group) is 1. The summed E-state index contributed by atoms with van der Waals surface area (Å²) < 4.78 is 64.3. The van der Waals surface area contributed by atoms with Crippen LogP contribution < -0.4 is 4.31 Å². The van der Waals surface area contributed by atoms with Crippen molar-refractivity contribution in [1.29, 1.82) is 0 Å². The molecule has 1 aliphatic carbocycles. The van der Waals surface area contributed by atoms with Crippen LogP contribution in [0.4, 0.5) is 18.9 Å². The molecule has 0 spiro atoms. The Hall–Kier alpha value is -1.48. The van der Waals surface area contributed by atoms with E-state index in [4.69, 9.17) is 11.6 Å². The molecule has 0 bridgehead atoms. The van der Waals surface area contributed by atoms with E-state index in [2.05, 4.69) is 0 Å². The maximum Gasteiger partial charge on any atom is 0.417 e. The number of anilines is 1. The molecule has 5 nitrogen and oxygen atoms in total. The van der Waals surface area contributed by atoms with Gasteiger partial charge in [-0.15, -0.1) is 0 Å². The lowest BCUT2D eigenvalue weighted by Crippen LogP contribution is -2.45. The van der Waals surface area contributed by atoms with Crippen LogP contribution in [0.1, 0.15) is 37.7 Å². The van der Waals surface area contributed by atoms with E-state index in [1.807, 2.05) is 0 Å². The van der Waals surface area contributed by atoms with Crippen molar-refractivity contribution in [3.8, 4) is 0 Å². The zero-order valence-electron chi connectivity index (χ0n) is 15.1. The minimum absolute atomic E-state index is 0.0172. The minimum Gasteiger partial charge on any atom is -0.341 e. The average molecular weight is 427 g/mol. The maximum absolute atomic E-state index is 13.1. The lowest BCUT2D eigenvalue weighted by Gasteiger charge is -2.33. The average Bonchev–Trinajstić information content (AvgIpc) is 2.58. The van der Waals surface area contributed by atoms with Crippen LogP contribution in [-0.4, -0.2) is 45.1 Å². The molecule has 0 heterocycles. The van der Waals surface area contributed by atoms with Crippen molar-refractivity contribution in [3.05, 3.63) is 28.8 Å². The molecule has 10 heteroatoms. The predicted octanol–water partition coefficient (Wildman–Crippen LogP) is 3.92. The lowest BCUT2D eigenvalue weighted by molar-refractivity contribution is -0.137. The lowest BCUT2D eigenvalue weighted by atomic mass is 9.94. The fraction of sp³-hybridized carbons (Fsp3) is 0.588. The van der Waals surface area contributed by atoms with Crippen LogP contribution in [0.25, 0.3) is 0 Å². The molecular formula is C17H22ClF3N2O3S. The van der Waals surface area contributed by atoms with Crippen molar-refractivity contribution in [2.75, 3.05) is 24.2 Å². The van der Waals surface area contributed by atoms with Gasteiger partial charge in [-0.3, -0.25) is 9.10 Å². The Morgan fingerprint density at radius 2 is 1.81 bits per heavy atom. The first-order valence-corrected chi connectivity index (χ1v) is 10.7. The summed E-state index contributed by atoms with van der Waals surface area (Å²) in [4.78, 5) is 14.1. The van der Waals surface area contributed by atoms with Gasteiger partial charge in [-0.1, -0.05) is 30.9 Å². The molecule has 27 heavy (non-hydrogen) atoms. The van der Waals surface area contributed by atoms with Gasteiger partial charge >= 0.3 is 6.18 Å². The highest BCUT2D eigenvalue weighted by atomic mass is 35.5. The summed E-state index contributed by atoms with van der Waals surface area (Å²) in [5.41, 5.74) is -1.40. The second-order valence-corrected chi connectivity index (χ2v) is 9.04. The number of carbonyl (C=O) groups excluding carboxylic acids is 1. The molecule has 1 amide bonds. The van der Waals surface area contributed by atoms with Crippen molar-refractivity contribution in [3.63, 3.8) is 0 Å². The molecule has 1 aliphatic rings. The summed E-state index contributed by atoms with van der Waals surface area (Å²) in [5.74, 6) is -0.462. The van der Waals surface area contributed by atoms with Crippen LogP contribution in [0.3, 0.4) is 0 Å². The smallest absolute Gasteiger partial charge is 0.341 e. The Balaban J connectivity index is 2.30. The first-order chi connectivity index (χ1) is 12.4. The molecule has 1 aromatic rings. The second-order valence-electron chi connectivity index (χ2n) is 6.73. The second kappa shape index (κ2) is 8.26. The highest BCUT2D eigenvalue weighted by Crippen LogP contribution is 2.37. The molecule has 1 fully saturated rings. The Morgan fingerprint density at radius 3 is 2.33 bits per heavy atom. The van der Waals surface area contributed by atoms with Gasteiger partial charge in [0, 0.05) is 13.1 Å². The molecule has 0 unspecified atom stereocenters. The zero-order chi connectivity index (χ0) is 20.4. The highest BCUT2D eigenvalue weighted by molar-refractivity contribution is 7.92. The Kier molecular flexibility index (Phi) is 6.68. The number of amides is 1. The summed E-state index contributed by atoms with van der Waals surface area (Å²) in [7, 11) is -2.38. The fourth-order valence-corrected chi connectivity index (χ4v) is 4.26. The third-order valence-corrected chi connectivity index (χ3v) is 6.21. The van der Waals surface area contributed by atoms with Gasteiger partial charge in [0.2, 0.25) is 15.9 Å². The van der Waals surface area contributed by atoms with Gasteiger partial charge in [0.15, 0.2) is 0 Å². The quantitative estimate of drug-likeness (QED) is 0.717. The van der Waals surface area contributed by atoms with Gasteiger partial charge in [-0.25, -0.2) is 8.42 Å². The summed E-state index contributed by atoms with van der Waals surface area (Å²) in [5, 5.41) is -0.537. The normalized spacial score (nSPS) is 16.2. The maximum atomic E-state index is 13.1. The molecule has 1 aromatic carbocycles. The van der Waals surface area contributed by atoms with Crippen LogP contribution in [0.15, 0.2) is 18.2 Å². The minimum atomic E-state index is -4.74. The van der Waals surface area contributed by atoms with E-state index in [1.54, 1.807) is 7.05 Å². The largest absolute Gasteiger partial charge is 0.417 e. The summed E-state index contributed by atoms with van der Waals surface area (Å²) >= 11 is 5.59. The SMILES string of the molecule is CN(C(=O)CN(c1ccc(Cl)c(C(F)(F)F)c1)S(C)(=O)=O)C1CCCCC1. The number of alkyl halides is 3. The van der Waals surface area contributed by atoms with Gasteiger partial charge in [0.1, 0.15) is 6.54 Å². The van der Waals surface area contributed by atoms with Crippen LogP contribution in [0.5, 0.6) is 0 Å². The van der Waals surface area contributed by atoms with E-state index >= 15 is 0 Å². The molecule has 152 valence electrons. The van der Waals surface area contributed by atoms with E-state index < -0.39 is 39.2 Å². The standard InChI is InChI=1S/C17H22ClF3N2O3S/c1-22(12-6-4-3-5-7-12)16(24)11-23(27(2,25)26)13-8-9-15(18)14(10-13)17(19,20)21/h8-10,12H,3-7,11H2,1-2H3. The molecular weight excluding hydrogens is 405 g/mol. The topological polar surface area (TPSA) is 57.7 Å². The van der Waals surface area contributed by atoms with Gasteiger partial charge in [0.05, 0.1) is 22.5 Å². The van der Waals surface area contributed by atoms with Crippen LogP contribution in [0, 0.1) is 0 Å². The van der Waals surface area contributed by atoms with Gasteiger partial charge in [-0.05, 0) is 31.0 Å². The van der Waals surface area contributed by atoms with Crippen molar-refractivity contribution < 1.29 is 26.4 Å². The highest BCUT2D eigenvalue weighted by Gasteiger charge is 2.35. The van der Waals surface area contributed by atoms with Crippen molar-refractivity contribution in [2.45, 2.75) is 44.3 Å². The number of carbonyl (C=O) groups is 1. The first kappa shape index (κ1) is 21.8. The molecule has 1 saturated carbocycles. The Bertz CT molecular complexity index is 793. The molecule has 0 N–H and O–H groups in total. The summed E-state index contributed by atoms with van der Waals surface area (Å²) in [6.45, 7) is -0.565. The van der Waals surface area contributed by atoms with E-state index in [0.29, 0.717) is 10.4 Å². The van der Waals surface area contributed by atoms with E-state index in [1.165, 1.54) is 4.90 Å². The number of benzene rings is 1. The van der Waals surface area contributed by atoms with Gasteiger partial charge < -0.3 is 4.90 Å². The van der Waals surface area contributed by atoms with Gasteiger partial charge in [0.25, 0.3) is 0 Å². The number of halogens is 4.